The molecule has 1 aromatic rings. The van der Waals surface area contributed by atoms with E-state index in [1.807, 2.05) is 58.0 Å². The zero-order valence-electron chi connectivity index (χ0n) is 13.9. The number of hydrogen-bond acceptors (Lipinski definition) is 4. The summed E-state index contributed by atoms with van der Waals surface area (Å²) in [5.41, 5.74) is 1.30. The van der Waals surface area contributed by atoms with Crippen LogP contribution >= 0.6 is 11.8 Å². The van der Waals surface area contributed by atoms with Crippen molar-refractivity contribution in [2.24, 2.45) is 0 Å². The van der Waals surface area contributed by atoms with E-state index in [2.05, 4.69) is 6.08 Å². The highest BCUT2D eigenvalue weighted by Gasteiger charge is 2.52. The topological polar surface area (TPSA) is 35.5 Å². The van der Waals surface area contributed by atoms with Gasteiger partial charge in [0.1, 0.15) is 0 Å². The Hall–Kier alpha value is -1.04. The molecule has 1 aliphatic heterocycles. The fourth-order valence-corrected chi connectivity index (χ4v) is 2.71. The molecule has 0 amide bonds. The van der Waals surface area contributed by atoms with Gasteiger partial charge in [-0.05, 0) is 38.7 Å². The largest absolute Gasteiger partial charge is 0.491 e. The van der Waals surface area contributed by atoms with Crippen LogP contribution in [0.3, 0.4) is 0 Å². The van der Waals surface area contributed by atoms with Gasteiger partial charge in [-0.25, -0.2) is 0 Å². The number of carbonyl (C=O) groups excluding carboxylic acids is 1. The van der Waals surface area contributed by atoms with E-state index in [4.69, 9.17) is 9.31 Å². The second-order valence-electron chi connectivity index (χ2n) is 6.50. The molecule has 1 saturated heterocycles. The van der Waals surface area contributed by atoms with Gasteiger partial charge in [0.15, 0.2) is 5.12 Å². The lowest BCUT2D eigenvalue weighted by molar-refractivity contribution is -0.109. The zero-order chi connectivity index (χ0) is 16.4. The predicted molar refractivity (Wildman–Crippen MR) is 93.6 cm³/mol. The Labute approximate surface area is 137 Å². The first-order valence-electron chi connectivity index (χ1n) is 7.46. The minimum absolute atomic E-state index is 0.0930. The van der Waals surface area contributed by atoms with E-state index in [9.17, 15) is 4.79 Å². The van der Waals surface area contributed by atoms with Gasteiger partial charge >= 0.3 is 7.12 Å². The molecule has 0 N–H and O–H groups in total. The van der Waals surface area contributed by atoms with E-state index < -0.39 is 7.12 Å². The monoisotopic (exact) mass is 318 g/mol. The molecule has 5 heteroatoms. The molecule has 0 bridgehead atoms. The first-order valence-corrected chi connectivity index (χ1v) is 8.44. The molecule has 1 aliphatic rings. The van der Waals surface area contributed by atoms with Crippen LogP contribution in [0.5, 0.6) is 0 Å². The molecule has 118 valence electrons. The molecule has 0 radical (unpaired) electrons. The average Bonchev–Trinajstić information content (AvgIpc) is 2.64. The Morgan fingerprint density at radius 2 is 1.68 bits per heavy atom. The van der Waals surface area contributed by atoms with Crippen LogP contribution in [0.25, 0.3) is 6.08 Å². The van der Waals surface area contributed by atoms with E-state index in [1.165, 1.54) is 11.8 Å². The molecule has 0 saturated carbocycles. The first-order chi connectivity index (χ1) is 10.2. The van der Waals surface area contributed by atoms with Crippen molar-refractivity contribution in [3.63, 3.8) is 0 Å². The van der Waals surface area contributed by atoms with Crippen molar-refractivity contribution in [2.75, 3.05) is 5.75 Å². The molecule has 3 nitrogen and oxygen atoms in total. The summed E-state index contributed by atoms with van der Waals surface area (Å²) in [5, 5.41) is 0.0930. The SMILES string of the molecule is CC(=O)SCC(=Cc1ccccc1)B1OC(C)(C)C(C)(C)O1. The van der Waals surface area contributed by atoms with Crippen LogP contribution in [0, 0.1) is 0 Å². The highest BCUT2D eigenvalue weighted by atomic mass is 32.2. The lowest BCUT2D eigenvalue weighted by atomic mass is 9.78. The van der Waals surface area contributed by atoms with Crippen LogP contribution in [0.1, 0.15) is 40.2 Å². The maximum absolute atomic E-state index is 11.3. The van der Waals surface area contributed by atoms with Crippen LogP contribution in [0.4, 0.5) is 0 Å². The molecule has 2 rings (SSSR count). The van der Waals surface area contributed by atoms with Crippen LogP contribution in [-0.2, 0) is 14.1 Å². The fourth-order valence-electron chi connectivity index (χ4n) is 2.12. The summed E-state index contributed by atoms with van der Waals surface area (Å²) in [6, 6.07) is 10.0. The van der Waals surface area contributed by atoms with Gasteiger partial charge < -0.3 is 9.31 Å². The summed E-state index contributed by atoms with van der Waals surface area (Å²) in [6.07, 6.45) is 2.05. The van der Waals surface area contributed by atoms with Gasteiger partial charge in [-0.1, -0.05) is 48.2 Å². The quantitative estimate of drug-likeness (QED) is 0.787. The number of rotatable bonds is 4. The maximum Gasteiger partial charge on any atom is 0.491 e. The van der Waals surface area contributed by atoms with Crippen molar-refractivity contribution >= 4 is 30.1 Å². The van der Waals surface area contributed by atoms with Gasteiger partial charge in [-0.15, -0.1) is 0 Å². The van der Waals surface area contributed by atoms with Gasteiger partial charge in [-0.2, -0.15) is 0 Å². The highest BCUT2D eigenvalue weighted by molar-refractivity contribution is 8.13. The molecular formula is C17H23BO3S. The molecule has 1 fully saturated rings. The molecule has 0 aliphatic carbocycles. The summed E-state index contributed by atoms with van der Waals surface area (Å²) in [4.78, 5) is 11.3. The second-order valence-corrected chi connectivity index (χ2v) is 7.65. The Bertz CT molecular complexity index is 551. The van der Waals surface area contributed by atoms with Gasteiger partial charge in [0, 0.05) is 12.7 Å². The molecule has 0 aromatic heterocycles. The predicted octanol–water partition coefficient (Wildman–Crippen LogP) is 3.98. The third-order valence-corrected chi connectivity index (χ3v) is 5.03. The summed E-state index contributed by atoms with van der Waals surface area (Å²) in [5.74, 6) is 0.570. The van der Waals surface area contributed by atoms with E-state index in [0.717, 1.165) is 11.0 Å². The van der Waals surface area contributed by atoms with Crippen molar-refractivity contribution < 1.29 is 14.1 Å². The average molecular weight is 318 g/mol. The molecule has 1 heterocycles. The van der Waals surface area contributed by atoms with Crippen molar-refractivity contribution in [1.29, 1.82) is 0 Å². The molecule has 0 atom stereocenters. The number of carbonyl (C=O) groups is 1. The first kappa shape index (κ1) is 17.3. The number of thioether (sulfide) groups is 1. The fraction of sp³-hybridized carbons (Fsp3) is 0.471. The Kier molecular flexibility index (Phi) is 5.20. The lowest BCUT2D eigenvalue weighted by Crippen LogP contribution is -2.41. The Morgan fingerprint density at radius 3 is 2.18 bits per heavy atom. The lowest BCUT2D eigenvalue weighted by Gasteiger charge is -2.32. The normalized spacial score (nSPS) is 20.2. The van der Waals surface area contributed by atoms with E-state index in [-0.39, 0.29) is 16.3 Å². The molecule has 22 heavy (non-hydrogen) atoms. The van der Waals surface area contributed by atoms with Crippen molar-refractivity contribution in [3.05, 3.63) is 41.4 Å². The van der Waals surface area contributed by atoms with Crippen LogP contribution in [0.15, 0.2) is 35.8 Å². The summed E-state index contributed by atoms with van der Waals surface area (Å²) >= 11 is 1.28. The molecular weight excluding hydrogens is 295 g/mol. The van der Waals surface area contributed by atoms with Crippen molar-refractivity contribution in [1.82, 2.24) is 0 Å². The van der Waals surface area contributed by atoms with E-state index >= 15 is 0 Å². The summed E-state index contributed by atoms with van der Waals surface area (Å²) in [6.45, 7) is 9.71. The minimum atomic E-state index is -0.419. The Balaban J connectivity index is 2.26. The third kappa shape index (κ3) is 4.03. The maximum atomic E-state index is 11.3. The number of hydrogen-bond donors (Lipinski definition) is 0. The van der Waals surface area contributed by atoms with Crippen LogP contribution in [0.2, 0.25) is 0 Å². The zero-order valence-corrected chi connectivity index (χ0v) is 14.7. The van der Waals surface area contributed by atoms with E-state index in [1.54, 1.807) is 6.92 Å². The van der Waals surface area contributed by atoms with Crippen LogP contribution < -0.4 is 0 Å². The molecule has 0 unspecified atom stereocenters. The van der Waals surface area contributed by atoms with Gasteiger partial charge in [0.25, 0.3) is 0 Å². The minimum Gasteiger partial charge on any atom is -0.400 e. The van der Waals surface area contributed by atoms with Crippen LogP contribution in [-0.4, -0.2) is 29.2 Å². The standard InChI is InChI=1S/C17H23BO3S/c1-13(19)22-12-15(11-14-9-7-6-8-10-14)18-20-16(2,3)17(4,5)21-18/h6-11H,12H2,1-5H3. The smallest absolute Gasteiger partial charge is 0.400 e. The van der Waals surface area contributed by atoms with Crippen molar-refractivity contribution in [2.45, 2.75) is 45.8 Å². The highest BCUT2D eigenvalue weighted by Crippen LogP contribution is 2.39. The third-order valence-electron chi connectivity index (χ3n) is 4.15. The summed E-state index contributed by atoms with van der Waals surface area (Å²) < 4.78 is 12.2. The van der Waals surface area contributed by atoms with Gasteiger partial charge in [0.05, 0.1) is 11.2 Å². The Morgan fingerprint density at radius 1 is 1.14 bits per heavy atom. The second kappa shape index (κ2) is 6.61. The van der Waals surface area contributed by atoms with Gasteiger partial charge in [0.2, 0.25) is 0 Å². The van der Waals surface area contributed by atoms with Crippen molar-refractivity contribution in [3.8, 4) is 0 Å². The van der Waals surface area contributed by atoms with E-state index in [0.29, 0.717) is 5.75 Å². The summed E-state index contributed by atoms with van der Waals surface area (Å²) in [7, 11) is -0.419. The van der Waals surface area contributed by atoms with Gasteiger partial charge in [-0.3, -0.25) is 4.79 Å². The molecule has 0 spiro atoms. The number of benzene rings is 1. The molecule has 1 aromatic carbocycles.